The van der Waals surface area contributed by atoms with E-state index in [1.54, 1.807) is 11.8 Å². The molecular weight excluding hydrogens is 336 g/mol. The molecule has 2 aromatic heterocycles. The van der Waals surface area contributed by atoms with Gasteiger partial charge in [-0.3, -0.25) is 0 Å². The van der Waals surface area contributed by atoms with Gasteiger partial charge in [-0.2, -0.15) is 4.98 Å². The van der Waals surface area contributed by atoms with Crippen LogP contribution >= 0.6 is 11.8 Å². The molecule has 2 heterocycles. The summed E-state index contributed by atoms with van der Waals surface area (Å²) in [4.78, 5) is 14.9. The smallest absolute Gasteiger partial charge is 0.222 e. The number of aromatic nitrogens is 3. The van der Waals surface area contributed by atoms with Gasteiger partial charge in [0.2, 0.25) is 5.95 Å². The molecule has 7 nitrogen and oxygen atoms in total. The van der Waals surface area contributed by atoms with Crippen molar-refractivity contribution in [1.82, 2.24) is 19.9 Å². The number of thioether (sulfide) groups is 1. The molecule has 8 heteroatoms. The highest BCUT2D eigenvalue weighted by atomic mass is 32.2. The summed E-state index contributed by atoms with van der Waals surface area (Å²) in [5, 5.41) is 0.879. The van der Waals surface area contributed by atoms with Crippen molar-refractivity contribution in [3.63, 3.8) is 0 Å². The van der Waals surface area contributed by atoms with Crippen molar-refractivity contribution in [2.75, 3.05) is 38.4 Å². The third kappa shape index (κ3) is 4.96. The molecule has 0 aliphatic carbocycles. The monoisotopic (exact) mass is 362 g/mol. The Morgan fingerprint density at radius 1 is 1.24 bits per heavy atom. The van der Waals surface area contributed by atoms with Crippen molar-refractivity contribution in [2.24, 2.45) is 0 Å². The summed E-state index contributed by atoms with van der Waals surface area (Å²) in [6.07, 6.45) is 4.49. The zero-order chi connectivity index (χ0) is 18.6. The standard InChI is InChI=1S/C17H26N6OS/c1-10(2)11-9-20-14(25-5)8-13(11)24-15-12(6-7-23(3)4)21-17(19)22-16(15)18/h8-10H,6-7H2,1-5H3,(H4,18,19,21,22). The van der Waals surface area contributed by atoms with E-state index in [1.807, 2.05) is 32.6 Å². The summed E-state index contributed by atoms with van der Waals surface area (Å²) in [6, 6.07) is 1.92. The predicted octanol–water partition coefficient (Wildman–Crippen LogP) is 2.78. The van der Waals surface area contributed by atoms with Crippen LogP contribution in [-0.4, -0.2) is 46.7 Å². The molecule has 0 radical (unpaired) electrons. The molecule has 0 unspecified atom stereocenters. The van der Waals surface area contributed by atoms with Crippen LogP contribution < -0.4 is 16.2 Å². The molecule has 0 saturated carbocycles. The van der Waals surface area contributed by atoms with Gasteiger partial charge in [0.05, 0.1) is 10.7 Å². The minimum atomic E-state index is 0.155. The molecule has 2 aromatic rings. The molecule has 0 atom stereocenters. The zero-order valence-corrected chi connectivity index (χ0v) is 16.2. The molecule has 0 amide bonds. The lowest BCUT2D eigenvalue weighted by Gasteiger charge is -2.18. The van der Waals surface area contributed by atoms with E-state index in [0.717, 1.165) is 22.9 Å². The molecule has 0 saturated heterocycles. The van der Waals surface area contributed by atoms with E-state index < -0.39 is 0 Å². The first-order valence-electron chi connectivity index (χ1n) is 8.10. The van der Waals surface area contributed by atoms with Crippen LogP contribution in [0.25, 0.3) is 0 Å². The van der Waals surface area contributed by atoms with Crippen molar-refractivity contribution in [1.29, 1.82) is 0 Å². The quantitative estimate of drug-likeness (QED) is 0.725. The van der Waals surface area contributed by atoms with Gasteiger partial charge in [-0.15, -0.1) is 11.8 Å². The Balaban J connectivity index is 2.45. The van der Waals surface area contributed by atoms with Crippen LogP contribution in [0.15, 0.2) is 17.3 Å². The summed E-state index contributed by atoms with van der Waals surface area (Å²) in [7, 11) is 4.00. The van der Waals surface area contributed by atoms with Crippen LogP contribution in [0.5, 0.6) is 11.5 Å². The molecule has 0 bridgehead atoms. The van der Waals surface area contributed by atoms with Crippen LogP contribution in [-0.2, 0) is 6.42 Å². The van der Waals surface area contributed by atoms with E-state index >= 15 is 0 Å². The molecule has 0 fully saturated rings. The molecule has 136 valence electrons. The number of hydrogen-bond acceptors (Lipinski definition) is 8. The maximum absolute atomic E-state index is 6.19. The number of ether oxygens (including phenoxy) is 1. The number of hydrogen-bond donors (Lipinski definition) is 2. The van der Waals surface area contributed by atoms with E-state index in [4.69, 9.17) is 16.2 Å². The van der Waals surface area contributed by atoms with Gasteiger partial charge in [0.15, 0.2) is 11.6 Å². The van der Waals surface area contributed by atoms with Crippen molar-refractivity contribution in [3.05, 3.63) is 23.5 Å². The van der Waals surface area contributed by atoms with E-state index in [1.165, 1.54) is 0 Å². The Labute approximate surface area is 153 Å². The molecule has 0 spiro atoms. The minimum Gasteiger partial charge on any atom is -0.451 e. The predicted molar refractivity (Wildman–Crippen MR) is 103 cm³/mol. The number of rotatable bonds is 7. The molecule has 2 rings (SSSR count). The van der Waals surface area contributed by atoms with Gasteiger partial charge in [0, 0.05) is 30.8 Å². The minimum absolute atomic E-state index is 0.155. The lowest BCUT2D eigenvalue weighted by molar-refractivity contribution is 0.403. The summed E-state index contributed by atoms with van der Waals surface area (Å²) >= 11 is 1.56. The first-order chi connectivity index (χ1) is 11.8. The van der Waals surface area contributed by atoms with Gasteiger partial charge in [-0.25, -0.2) is 9.97 Å². The highest BCUT2D eigenvalue weighted by molar-refractivity contribution is 7.98. The second-order valence-corrected chi connectivity index (χ2v) is 7.14. The second kappa shape index (κ2) is 8.35. The molecule has 0 aliphatic rings. The van der Waals surface area contributed by atoms with Gasteiger partial charge in [0.1, 0.15) is 5.75 Å². The molecular formula is C17H26N6OS. The van der Waals surface area contributed by atoms with Crippen LogP contribution in [0, 0.1) is 0 Å². The van der Waals surface area contributed by atoms with Crippen molar-refractivity contribution >= 4 is 23.5 Å². The summed E-state index contributed by atoms with van der Waals surface area (Å²) in [5.74, 6) is 1.86. The largest absolute Gasteiger partial charge is 0.451 e. The number of nitrogen functional groups attached to an aromatic ring is 2. The average Bonchev–Trinajstić information content (AvgIpc) is 2.55. The Morgan fingerprint density at radius 3 is 2.56 bits per heavy atom. The number of anilines is 2. The molecule has 0 aliphatic heterocycles. The third-order valence-electron chi connectivity index (χ3n) is 3.69. The molecule has 4 N–H and O–H groups in total. The van der Waals surface area contributed by atoms with E-state index in [9.17, 15) is 0 Å². The number of likely N-dealkylation sites (N-methyl/N-ethyl adjacent to an activating group) is 1. The first kappa shape index (κ1) is 19.3. The van der Waals surface area contributed by atoms with E-state index in [0.29, 0.717) is 17.9 Å². The highest BCUT2D eigenvalue weighted by Gasteiger charge is 2.18. The van der Waals surface area contributed by atoms with E-state index in [2.05, 4.69) is 33.7 Å². The fourth-order valence-corrected chi connectivity index (χ4v) is 2.70. The average molecular weight is 363 g/mol. The number of nitrogens with two attached hydrogens (primary N) is 2. The van der Waals surface area contributed by atoms with Crippen molar-refractivity contribution in [2.45, 2.75) is 31.2 Å². The Kier molecular flexibility index (Phi) is 6.44. The Hall–Kier alpha value is -2.06. The van der Waals surface area contributed by atoms with Crippen LogP contribution in [0.3, 0.4) is 0 Å². The topological polar surface area (TPSA) is 103 Å². The first-order valence-corrected chi connectivity index (χ1v) is 9.32. The molecule has 25 heavy (non-hydrogen) atoms. The van der Waals surface area contributed by atoms with Crippen LogP contribution in [0.1, 0.15) is 31.0 Å². The fourth-order valence-electron chi connectivity index (χ4n) is 2.32. The Morgan fingerprint density at radius 2 is 1.96 bits per heavy atom. The maximum atomic E-state index is 6.19. The number of pyridine rings is 1. The van der Waals surface area contributed by atoms with Crippen molar-refractivity contribution < 1.29 is 4.74 Å². The molecule has 0 aromatic carbocycles. The summed E-state index contributed by atoms with van der Waals surface area (Å²) in [6.45, 7) is 4.99. The van der Waals surface area contributed by atoms with Crippen molar-refractivity contribution in [3.8, 4) is 11.5 Å². The van der Waals surface area contributed by atoms with Crippen LogP contribution in [0.4, 0.5) is 11.8 Å². The fraction of sp³-hybridized carbons (Fsp3) is 0.471. The van der Waals surface area contributed by atoms with Gasteiger partial charge in [-0.05, 0) is 26.3 Å². The van der Waals surface area contributed by atoms with Gasteiger partial charge in [0.25, 0.3) is 0 Å². The summed E-state index contributed by atoms with van der Waals surface area (Å²) < 4.78 is 6.19. The lowest BCUT2D eigenvalue weighted by atomic mass is 10.1. The second-order valence-electron chi connectivity index (χ2n) is 6.32. The third-order valence-corrected chi connectivity index (χ3v) is 4.33. The number of nitrogens with zero attached hydrogens (tertiary/aromatic N) is 4. The lowest BCUT2D eigenvalue weighted by Crippen LogP contribution is -2.17. The highest BCUT2D eigenvalue weighted by Crippen LogP contribution is 2.36. The van der Waals surface area contributed by atoms with Gasteiger partial charge < -0.3 is 21.1 Å². The van der Waals surface area contributed by atoms with E-state index in [-0.39, 0.29) is 17.7 Å². The summed E-state index contributed by atoms with van der Waals surface area (Å²) in [5.41, 5.74) is 13.6. The Bertz CT molecular complexity index is 735. The maximum Gasteiger partial charge on any atom is 0.222 e. The normalized spacial score (nSPS) is 11.3. The van der Waals surface area contributed by atoms with Gasteiger partial charge >= 0.3 is 0 Å². The zero-order valence-electron chi connectivity index (χ0n) is 15.4. The van der Waals surface area contributed by atoms with Gasteiger partial charge in [-0.1, -0.05) is 13.8 Å². The SMILES string of the molecule is CSc1cc(Oc2c(N)nc(N)nc2CCN(C)C)c(C(C)C)cn1. The van der Waals surface area contributed by atoms with Crippen LogP contribution in [0.2, 0.25) is 0 Å².